The number of fused-ring (bicyclic) bond motifs is 1. The van der Waals surface area contributed by atoms with Gasteiger partial charge in [0, 0.05) is 17.2 Å². The Bertz CT molecular complexity index is 742. The molecule has 1 heterocycles. The van der Waals surface area contributed by atoms with Crippen LogP contribution in [0.25, 0.3) is 11.1 Å². The SMILES string of the molecule is CC[C@@H](C)C(=O)NC[C@H]1Cc2cc(-c3ccc(SC)cc3)ccc2O1. The summed E-state index contributed by atoms with van der Waals surface area (Å²) in [4.78, 5) is 13.2. The van der Waals surface area contributed by atoms with Crippen molar-refractivity contribution in [3.63, 3.8) is 0 Å². The number of hydrogen-bond donors (Lipinski definition) is 1. The number of hydrogen-bond acceptors (Lipinski definition) is 3. The molecule has 25 heavy (non-hydrogen) atoms. The van der Waals surface area contributed by atoms with E-state index < -0.39 is 0 Å². The van der Waals surface area contributed by atoms with Crippen LogP contribution in [0.3, 0.4) is 0 Å². The number of amides is 1. The molecule has 1 aliphatic rings. The zero-order valence-electron chi connectivity index (χ0n) is 15.0. The molecule has 2 aromatic rings. The van der Waals surface area contributed by atoms with Gasteiger partial charge in [0.05, 0.1) is 6.54 Å². The third-order valence-electron chi connectivity index (χ3n) is 4.79. The Morgan fingerprint density at radius 3 is 2.64 bits per heavy atom. The minimum absolute atomic E-state index is 0.0251. The fourth-order valence-corrected chi connectivity index (χ4v) is 3.38. The van der Waals surface area contributed by atoms with E-state index in [1.165, 1.54) is 21.6 Å². The fraction of sp³-hybridized carbons (Fsp3) is 0.381. The lowest BCUT2D eigenvalue weighted by atomic mass is 10.0. The Hall–Kier alpha value is -1.94. The molecule has 3 rings (SSSR count). The highest BCUT2D eigenvalue weighted by Crippen LogP contribution is 2.33. The van der Waals surface area contributed by atoms with E-state index in [4.69, 9.17) is 4.74 Å². The molecule has 2 aromatic carbocycles. The number of thioether (sulfide) groups is 1. The summed E-state index contributed by atoms with van der Waals surface area (Å²) in [5.41, 5.74) is 3.64. The van der Waals surface area contributed by atoms with Crippen LogP contribution in [0.1, 0.15) is 25.8 Å². The van der Waals surface area contributed by atoms with Gasteiger partial charge in [0.15, 0.2) is 0 Å². The molecule has 0 bridgehead atoms. The van der Waals surface area contributed by atoms with Crippen molar-refractivity contribution in [3.8, 4) is 16.9 Å². The summed E-state index contributed by atoms with van der Waals surface area (Å²) in [5.74, 6) is 1.10. The number of rotatable bonds is 6. The molecule has 2 atom stereocenters. The molecule has 0 radical (unpaired) electrons. The van der Waals surface area contributed by atoms with Crippen LogP contribution in [0.4, 0.5) is 0 Å². The average molecular weight is 356 g/mol. The van der Waals surface area contributed by atoms with Crippen molar-refractivity contribution in [3.05, 3.63) is 48.0 Å². The highest BCUT2D eigenvalue weighted by Gasteiger charge is 2.24. The lowest BCUT2D eigenvalue weighted by Crippen LogP contribution is -2.37. The Kier molecular flexibility index (Phi) is 5.69. The van der Waals surface area contributed by atoms with E-state index in [1.54, 1.807) is 11.8 Å². The van der Waals surface area contributed by atoms with Crippen LogP contribution in [0.2, 0.25) is 0 Å². The van der Waals surface area contributed by atoms with Gasteiger partial charge in [-0.25, -0.2) is 0 Å². The molecule has 0 fully saturated rings. The number of nitrogens with one attached hydrogen (secondary N) is 1. The molecule has 4 heteroatoms. The van der Waals surface area contributed by atoms with E-state index in [0.29, 0.717) is 6.54 Å². The Morgan fingerprint density at radius 1 is 1.24 bits per heavy atom. The summed E-state index contributed by atoms with van der Waals surface area (Å²) >= 11 is 1.75. The topological polar surface area (TPSA) is 38.3 Å². The van der Waals surface area contributed by atoms with E-state index in [0.717, 1.165) is 18.6 Å². The molecule has 1 amide bonds. The maximum atomic E-state index is 11.9. The van der Waals surface area contributed by atoms with Crippen LogP contribution in [0, 0.1) is 5.92 Å². The van der Waals surface area contributed by atoms with E-state index in [9.17, 15) is 4.79 Å². The van der Waals surface area contributed by atoms with Gasteiger partial charge >= 0.3 is 0 Å². The maximum Gasteiger partial charge on any atom is 0.222 e. The Balaban J connectivity index is 1.65. The summed E-state index contributed by atoms with van der Waals surface area (Å²) in [6.07, 6.45) is 3.81. The highest BCUT2D eigenvalue weighted by atomic mass is 32.2. The quantitative estimate of drug-likeness (QED) is 0.773. The van der Waals surface area contributed by atoms with Crippen molar-refractivity contribution in [1.29, 1.82) is 0 Å². The summed E-state index contributed by atoms with van der Waals surface area (Å²) in [6.45, 7) is 4.54. The molecule has 1 N–H and O–H groups in total. The van der Waals surface area contributed by atoms with Crippen molar-refractivity contribution in [2.24, 2.45) is 5.92 Å². The van der Waals surface area contributed by atoms with Gasteiger partial charge in [-0.05, 0) is 53.6 Å². The second-order valence-corrected chi connectivity index (χ2v) is 7.43. The van der Waals surface area contributed by atoms with Crippen LogP contribution in [0.15, 0.2) is 47.4 Å². The first-order valence-electron chi connectivity index (χ1n) is 8.82. The molecule has 0 aromatic heterocycles. The zero-order chi connectivity index (χ0) is 17.8. The molecule has 0 saturated heterocycles. The Morgan fingerprint density at radius 2 is 1.96 bits per heavy atom. The van der Waals surface area contributed by atoms with E-state index >= 15 is 0 Å². The van der Waals surface area contributed by atoms with Crippen LogP contribution in [-0.2, 0) is 11.2 Å². The molecule has 3 nitrogen and oxygen atoms in total. The summed E-state index contributed by atoms with van der Waals surface area (Å²) in [7, 11) is 0. The molecule has 0 spiro atoms. The molecular formula is C21H25NO2S. The van der Waals surface area contributed by atoms with Crippen molar-refractivity contribution < 1.29 is 9.53 Å². The summed E-state index contributed by atoms with van der Waals surface area (Å²) in [6, 6.07) is 15.0. The van der Waals surface area contributed by atoms with E-state index in [-0.39, 0.29) is 17.9 Å². The van der Waals surface area contributed by atoms with E-state index in [2.05, 4.69) is 48.0 Å². The van der Waals surface area contributed by atoms with Crippen molar-refractivity contribution >= 4 is 17.7 Å². The fourth-order valence-electron chi connectivity index (χ4n) is 2.97. The van der Waals surface area contributed by atoms with Gasteiger partial charge in [0.2, 0.25) is 5.91 Å². The molecule has 132 valence electrons. The average Bonchev–Trinajstić information content (AvgIpc) is 3.07. The van der Waals surface area contributed by atoms with Crippen LogP contribution < -0.4 is 10.1 Å². The lowest BCUT2D eigenvalue weighted by Gasteiger charge is -2.14. The third kappa shape index (κ3) is 4.18. The minimum atomic E-state index is 0.0251. The van der Waals surface area contributed by atoms with Gasteiger partial charge in [-0.15, -0.1) is 11.8 Å². The Labute approximate surface area is 154 Å². The maximum absolute atomic E-state index is 11.9. The highest BCUT2D eigenvalue weighted by molar-refractivity contribution is 7.98. The van der Waals surface area contributed by atoms with Crippen LogP contribution >= 0.6 is 11.8 Å². The first-order chi connectivity index (χ1) is 12.1. The van der Waals surface area contributed by atoms with Gasteiger partial charge in [-0.3, -0.25) is 4.79 Å². The standard InChI is InChI=1S/C21H25NO2S/c1-4-14(2)21(23)22-13-18-12-17-11-16(7-10-20(17)24-18)15-5-8-19(25-3)9-6-15/h5-11,14,18H,4,12-13H2,1-3H3,(H,22,23)/t14-,18-/m1/s1. The first-order valence-corrected chi connectivity index (χ1v) is 10.0. The number of carbonyl (C=O) groups excluding carboxylic acids is 1. The smallest absolute Gasteiger partial charge is 0.222 e. The first kappa shape index (κ1) is 17.9. The van der Waals surface area contributed by atoms with Gasteiger partial charge in [-0.2, -0.15) is 0 Å². The lowest BCUT2D eigenvalue weighted by molar-refractivity contribution is -0.124. The minimum Gasteiger partial charge on any atom is -0.488 e. The number of benzene rings is 2. The monoisotopic (exact) mass is 355 g/mol. The third-order valence-corrected chi connectivity index (χ3v) is 5.53. The zero-order valence-corrected chi connectivity index (χ0v) is 15.9. The molecule has 1 aliphatic heterocycles. The van der Waals surface area contributed by atoms with Crippen molar-refractivity contribution in [2.75, 3.05) is 12.8 Å². The summed E-state index contributed by atoms with van der Waals surface area (Å²) < 4.78 is 5.98. The predicted octanol–water partition coefficient (Wildman–Crippen LogP) is 4.54. The van der Waals surface area contributed by atoms with Gasteiger partial charge < -0.3 is 10.1 Å². The predicted molar refractivity (Wildman–Crippen MR) is 104 cm³/mol. The van der Waals surface area contributed by atoms with Crippen molar-refractivity contribution in [2.45, 2.75) is 37.7 Å². The number of carbonyl (C=O) groups is 1. The normalized spacial score (nSPS) is 16.8. The number of ether oxygens (including phenoxy) is 1. The van der Waals surface area contributed by atoms with E-state index in [1.807, 2.05) is 19.9 Å². The van der Waals surface area contributed by atoms with Crippen molar-refractivity contribution in [1.82, 2.24) is 5.32 Å². The second-order valence-electron chi connectivity index (χ2n) is 6.55. The summed E-state index contributed by atoms with van der Waals surface area (Å²) in [5, 5.41) is 3.00. The molecule has 0 unspecified atom stereocenters. The largest absolute Gasteiger partial charge is 0.488 e. The second kappa shape index (κ2) is 7.96. The molecular weight excluding hydrogens is 330 g/mol. The van der Waals surface area contributed by atoms with Crippen LogP contribution in [0.5, 0.6) is 5.75 Å². The van der Waals surface area contributed by atoms with Gasteiger partial charge in [0.25, 0.3) is 0 Å². The van der Waals surface area contributed by atoms with Gasteiger partial charge in [-0.1, -0.05) is 32.0 Å². The van der Waals surface area contributed by atoms with Gasteiger partial charge in [0.1, 0.15) is 11.9 Å². The molecule has 0 aliphatic carbocycles. The van der Waals surface area contributed by atoms with Crippen LogP contribution in [-0.4, -0.2) is 24.8 Å². The molecule has 0 saturated carbocycles.